The molecule has 0 saturated carbocycles. The summed E-state index contributed by atoms with van der Waals surface area (Å²) in [6.45, 7) is 2.33. The highest BCUT2D eigenvalue weighted by atomic mass is 16.5. The van der Waals surface area contributed by atoms with Crippen LogP contribution in [0.2, 0.25) is 0 Å². The van der Waals surface area contributed by atoms with Crippen molar-refractivity contribution in [3.63, 3.8) is 0 Å². The molecule has 1 N–H and O–H groups in total. The molecule has 0 bridgehead atoms. The van der Waals surface area contributed by atoms with Crippen LogP contribution in [0, 0.1) is 6.92 Å². The van der Waals surface area contributed by atoms with E-state index in [2.05, 4.69) is 23.2 Å². The normalized spacial score (nSPS) is 13.3. The minimum Gasteiger partial charge on any atom is -0.487 e. The number of pyridine rings is 1. The zero-order chi connectivity index (χ0) is 13.9. The first kappa shape index (κ1) is 13.1. The van der Waals surface area contributed by atoms with E-state index < -0.39 is 0 Å². The summed E-state index contributed by atoms with van der Waals surface area (Å²) in [5, 5.41) is 9.32. The van der Waals surface area contributed by atoms with E-state index in [0.717, 1.165) is 5.69 Å². The topological polar surface area (TPSA) is 42.4 Å². The van der Waals surface area contributed by atoms with Crippen LogP contribution in [0.3, 0.4) is 0 Å². The molecule has 1 aromatic heterocycles. The third-order valence-electron chi connectivity index (χ3n) is 3.78. The van der Waals surface area contributed by atoms with Gasteiger partial charge in [-0.05, 0) is 55.0 Å². The molecule has 1 heterocycles. The summed E-state index contributed by atoms with van der Waals surface area (Å²) in [6.07, 6.45) is 3.64. The Bertz CT molecular complexity index is 622. The van der Waals surface area contributed by atoms with Crippen LogP contribution in [0.15, 0.2) is 30.3 Å². The molecule has 1 aromatic carbocycles. The van der Waals surface area contributed by atoms with Crippen LogP contribution in [0.25, 0.3) is 0 Å². The first-order valence-corrected chi connectivity index (χ1v) is 7.07. The number of benzene rings is 1. The van der Waals surface area contributed by atoms with E-state index in [-0.39, 0.29) is 6.61 Å². The van der Waals surface area contributed by atoms with E-state index in [1.165, 1.54) is 36.0 Å². The molecule has 0 spiro atoms. The molecule has 0 atom stereocenters. The van der Waals surface area contributed by atoms with Gasteiger partial charge in [0.25, 0.3) is 0 Å². The number of aliphatic hydroxyl groups excluding tert-OH is 1. The Labute approximate surface area is 119 Å². The number of aliphatic hydroxyl groups is 1. The maximum Gasteiger partial charge on any atom is 0.143 e. The fourth-order valence-electron chi connectivity index (χ4n) is 2.72. The Morgan fingerprint density at radius 2 is 2.00 bits per heavy atom. The Hall–Kier alpha value is -1.87. The molecular weight excluding hydrogens is 250 g/mol. The van der Waals surface area contributed by atoms with Gasteiger partial charge in [0.2, 0.25) is 0 Å². The van der Waals surface area contributed by atoms with Gasteiger partial charge in [-0.15, -0.1) is 0 Å². The van der Waals surface area contributed by atoms with Crippen molar-refractivity contribution < 1.29 is 9.84 Å². The van der Waals surface area contributed by atoms with Crippen LogP contribution in [0.4, 0.5) is 0 Å². The molecule has 2 aromatic rings. The van der Waals surface area contributed by atoms with Gasteiger partial charge in [0.1, 0.15) is 18.1 Å². The van der Waals surface area contributed by atoms with Crippen LogP contribution >= 0.6 is 0 Å². The van der Waals surface area contributed by atoms with Gasteiger partial charge in [-0.3, -0.25) is 4.98 Å². The molecule has 3 nitrogen and oxygen atoms in total. The van der Waals surface area contributed by atoms with Crippen molar-refractivity contribution in [2.45, 2.75) is 39.4 Å². The molecule has 3 rings (SSSR count). The highest BCUT2D eigenvalue weighted by Gasteiger charge is 2.11. The SMILES string of the molecule is Cc1ccc(OCc2ccc3c(c2)CCC3)c(CO)n1. The number of ether oxygens (including phenoxy) is 1. The number of aromatic nitrogens is 1. The molecule has 0 aliphatic heterocycles. The average molecular weight is 269 g/mol. The van der Waals surface area contributed by atoms with Crippen molar-refractivity contribution in [1.82, 2.24) is 4.98 Å². The predicted octanol–water partition coefficient (Wildman–Crippen LogP) is 2.95. The van der Waals surface area contributed by atoms with Gasteiger partial charge >= 0.3 is 0 Å². The lowest BCUT2D eigenvalue weighted by Gasteiger charge is -2.11. The summed E-state index contributed by atoms with van der Waals surface area (Å²) in [4.78, 5) is 4.29. The Balaban J connectivity index is 1.73. The predicted molar refractivity (Wildman–Crippen MR) is 77.7 cm³/mol. The minimum atomic E-state index is -0.0960. The fraction of sp³-hybridized carbons (Fsp3) is 0.353. The van der Waals surface area contributed by atoms with Crippen LogP contribution in [-0.4, -0.2) is 10.1 Å². The lowest BCUT2D eigenvalue weighted by molar-refractivity contribution is 0.253. The van der Waals surface area contributed by atoms with E-state index >= 15 is 0 Å². The van der Waals surface area contributed by atoms with E-state index in [1.807, 2.05) is 19.1 Å². The third-order valence-corrected chi connectivity index (χ3v) is 3.78. The molecule has 1 aliphatic carbocycles. The molecule has 0 radical (unpaired) electrons. The number of hydrogen-bond donors (Lipinski definition) is 1. The molecule has 1 aliphatic rings. The molecule has 20 heavy (non-hydrogen) atoms. The van der Waals surface area contributed by atoms with Gasteiger partial charge in [0.05, 0.1) is 6.61 Å². The third kappa shape index (κ3) is 2.68. The lowest BCUT2D eigenvalue weighted by Crippen LogP contribution is -2.02. The average Bonchev–Trinajstić information content (AvgIpc) is 2.93. The van der Waals surface area contributed by atoms with Crippen molar-refractivity contribution in [2.24, 2.45) is 0 Å². The Morgan fingerprint density at radius 1 is 1.15 bits per heavy atom. The van der Waals surface area contributed by atoms with E-state index in [4.69, 9.17) is 4.74 Å². The highest BCUT2D eigenvalue weighted by molar-refractivity contribution is 5.35. The van der Waals surface area contributed by atoms with Crippen LogP contribution in [-0.2, 0) is 26.1 Å². The quantitative estimate of drug-likeness (QED) is 0.928. The zero-order valence-corrected chi connectivity index (χ0v) is 11.7. The van der Waals surface area contributed by atoms with E-state index in [1.54, 1.807) is 0 Å². The van der Waals surface area contributed by atoms with Crippen molar-refractivity contribution in [3.8, 4) is 5.75 Å². The van der Waals surface area contributed by atoms with E-state index in [9.17, 15) is 5.11 Å². The highest BCUT2D eigenvalue weighted by Crippen LogP contribution is 2.24. The molecule has 0 amide bonds. The summed E-state index contributed by atoms with van der Waals surface area (Å²) < 4.78 is 5.81. The Kier molecular flexibility index (Phi) is 3.70. The van der Waals surface area contributed by atoms with Gasteiger partial charge < -0.3 is 9.84 Å². The summed E-state index contributed by atoms with van der Waals surface area (Å²) in [7, 11) is 0. The van der Waals surface area contributed by atoms with Gasteiger partial charge in [-0.1, -0.05) is 18.2 Å². The number of hydrogen-bond acceptors (Lipinski definition) is 3. The van der Waals surface area contributed by atoms with Crippen molar-refractivity contribution in [1.29, 1.82) is 0 Å². The molecule has 0 unspecified atom stereocenters. The van der Waals surface area contributed by atoms with Crippen molar-refractivity contribution in [3.05, 3.63) is 58.4 Å². The second-order valence-electron chi connectivity index (χ2n) is 5.30. The van der Waals surface area contributed by atoms with Crippen LogP contribution < -0.4 is 4.74 Å². The number of aryl methyl sites for hydroxylation is 3. The van der Waals surface area contributed by atoms with Crippen LogP contribution in [0.1, 0.15) is 34.5 Å². The maximum atomic E-state index is 9.32. The summed E-state index contributed by atoms with van der Waals surface area (Å²) in [5.41, 5.74) is 5.59. The number of nitrogens with zero attached hydrogens (tertiary/aromatic N) is 1. The van der Waals surface area contributed by atoms with Gasteiger partial charge in [0.15, 0.2) is 0 Å². The molecule has 0 saturated heterocycles. The number of rotatable bonds is 4. The smallest absolute Gasteiger partial charge is 0.143 e. The largest absolute Gasteiger partial charge is 0.487 e. The number of fused-ring (bicyclic) bond motifs is 1. The molecule has 0 fully saturated rings. The van der Waals surface area contributed by atoms with Gasteiger partial charge in [-0.2, -0.15) is 0 Å². The van der Waals surface area contributed by atoms with Gasteiger partial charge in [0, 0.05) is 5.69 Å². The summed E-state index contributed by atoms with van der Waals surface area (Å²) in [6, 6.07) is 10.4. The monoisotopic (exact) mass is 269 g/mol. The Morgan fingerprint density at radius 3 is 2.85 bits per heavy atom. The standard InChI is InChI=1S/C17H19NO2/c1-12-5-8-17(16(10-19)18-12)20-11-13-6-7-14-3-2-4-15(14)9-13/h5-9,19H,2-4,10-11H2,1H3. The summed E-state index contributed by atoms with van der Waals surface area (Å²) >= 11 is 0. The molecule has 3 heteroatoms. The molecular formula is C17H19NO2. The first-order chi connectivity index (χ1) is 9.76. The van der Waals surface area contributed by atoms with Crippen LogP contribution in [0.5, 0.6) is 5.75 Å². The minimum absolute atomic E-state index is 0.0960. The first-order valence-electron chi connectivity index (χ1n) is 7.07. The van der Waals surface area contributed by atoms with Crippen molar-refractivity contribution >= 4 is 0 Å². The fourth-order valence-corrected chi connectivity index (χ4v) is 2.72. The van der Waals surface area contributed by atoms with Crippen molar-refractivity contribution in [2.75, 3.05) is 0 Å². The molecule has 104 valence electrons. The maximum absolute atomic E-state index is 9.32. The second kappa shape index (κ2) is 5.63. The van der Waals surface area contributed by atoms with Gasteiger partial charge in [-0.25, -0.2) is 0 Å². The lowest BCUT2D eigenvalue weighted by atomic mass is 10.1. The summed E-state index contributed by atoms with van der Waals surface area (Å²) in [5.74, 6) is 0.665. The van der Waals surface area contributed by atoms with E-state index in [0.29, 0.717) is 18.1 Å². The zero-order valence-electron chi connectivity index (χ0n) is 11.7. The second-order valence-corrected chi connectivity index (χ2v) is 5.30.